The summed E-state index contributed by atoms with van der Waals surface area (Å²) in [6.45, 7) is 4.73. The molecule has 0 bridgehead atoms. The van der Waals surface area contributed by atoms with Gasteiger partial charge in [0.2, 0.25) is 0 Å². The molecule has 0 spiro atoms. The van der Waals surface area contributed by atoms with Crippen LogP contribution in [0.1, 0.15) is 48.1 Å². The molecule has 2 unspecified atom stereocenters. The monoisotopic (exact) mass is 689 g/mol. The van der Waals surface area contributed by atoms with E-state index in [1.54, 1.807) is 0 Å². The lowest BCUT2D eigenvalue weighted by molar-refractivity contribution is 0.627. The highest BCUT2D eigenvalue weighted by molar-refractivity contribution is 8.05. The van der Waals surface area contributed by atoms with E-state index in [9.17, 15) is 0 Å². The maximum atomic E-state index is 5.58. The number of hydrogen-bond donors (Lipinski definition) is 0. The lowest BCUT2D eigenvalue weighted by atomic mass is 9.69. The summed E-state index contributed by atoms with van der Waals surface area (Å²) >= 11 is 3.84. The molecule has 1 aromatic heterocycles. The van der Waals surface area contributed by atoms with Gasteiger partial charge in [-0.3, -0.25) is 4.98 Å². The van der Waals surface area contributed by atoms with Crippen molar-refractivity contribution in [3.8, 4) is 33.4 Å². The molecule has 0 amide bonds. The Balaban J connectivity index is 1.13. The molecular weight excluding hydrogens is 655 g/mol. The van der Waals surface area contributed by atoms with Crippen molar-refractivity contribution in [3.63, 3.8) is 0 Å². The van der Waals surface area contributed by atoms with E-state index >= 15 is 0 Å². The molecule has 10 rings (SSSR count). The number of para-hydroxylation sites is 1. The largest absolute Gasteiger partial charge is 0.252 e. The average molecular weight is 690 g/mol. The molecule has 2 atom stereocenters. The van der Waals surface area contributed by atoms with Gasteiger partial charge in [0.25, 0.3) is 0 Å². The van der Waals surface area contributed by atoms with E-state index in [1.165, 1.54) is 91.5 Å². The zero-order valence-corrected chi connectivity index (χ0v) is 30.2. The van der Waals surface area contributed by atoms with Gasteiger partial charge in [-0.25, -0.2) is 0 Å². The van der Waals surface area contributed by atoms with Crippen molar-refractivity contribution in [3.05, 3.63) is 174 Å². The molecule has 3 heteroatoms. The van der Waals surface area contributed by atoms with Crippen molar-refractivity contribution in [2.75, 3.05) is 0 Å². The van der Waals surface area contributed by atoms with Gasteiger partial charge in [0.05, 0.1) is 11.2 Å². The molecule has 0 saturated heterocycles. The van der Waals surface area contributed by atoms with Gasteiger partial charge in [-0.15, -0.1) is 0 Å². The van der Waals surface area contributed by atoms with Crippen LogP contribution in [0.3, 0.4) is 0 Å². The minimum Gasteiger partial charge on any atom is -0.252 e. The van der Waals surface area contributed by atoms with Crippen LogP contribution >= 0.6 is 23.5 Å². The zero-order valence-electron chi connectivity index (χ0n) is 28.6. The minimum atomic E-state index is 0.131. The fourth-order valence-corrected chi connectivity index (χ4v) is 10.8. The number of nitrogens with zero attached hydrogens (tertiary/aromatic N) is 1. The van der Waals surface area contributed by atoms with Gasteiger partial charge in [-0.2, -0.15) is 0 Å². The molecule has 244 valence electrons. The SMILES string of the molecule is CCc1c(C2c3ccccc3-c3cc4c(cc3C2C)Sc2cc3ccccc3cc2S4)nc2ccccc2c1-c1ccc(-c2ccccc2)cc1. The van der Waals surface area contributed by atoms with Crippen molar-refractivity contribution in [2.45, 2.75) is 51.7 Å². The second-order valence-electron chi connectivity index (χ2n) is 13.8. The summed E-state index contributed by atoms with van der Waals surface area (Å²) < 4.78 is 0. The summed E-state index contributed by atoms with van der Waals surface area (Å²) in [5, 5.41) is 3.82. The Kier molecular flexibility index (Phi) is 7.41. The van der Waals surface area contributed by atoms with Crippen molar-refractivity contribution >= 4 is 45.2 Å². The van der Waals surface area contributed by atoms with Gasteiger partial charge in [0.1, 0.15) is 0 Å². The Hall–Kier alpha value is -5.09. The number of fused-ring (bicyclic) bond motifs is 7. The maximum Gasteiger partial charge on any atom is 0.0712 e. The zero-order chi connectivity index (χ0) is 34.1. The Morgan fingerprint density at radius 3 is 1.86 bits per heavy atom. The third-order valence-electron chi connectivity index (χ3n) is 10.9. The third kappa shape index (κ3) is 5.05. The molecule has 1 aliphatic carbocycles. The Morgan fingerprint density at radius 1 is 0.529 bits per heavy atom. The van der Waals surface area contributed by atoms with Crippen LogP contribution in [0, 0.1) is 0 Å². The van der Waals surface area contributed by atoms with E-state index in [0.717, 1.165) is 11.9 Å². The van der Waals surface area contributed by atoms with Gasteiger partial charge in [0, 0.05) is 30.9 Å². The van der Waals surface area contributed by atoms with Gasteiger partial charge < -0.3 is 0 Å². The molecule has 0 fully saturated rings. The molecule has 8 aromatic rings. The number of hydrogen-bond acceptors (Lipinski definition) is 3. The Bertz CT molecular complexity index is 2640. The third-order valence-corrected chi connectivity index (χ3v) is 13.4. The quantitative estimate of drug-likeness (QED) is 0.183. The van der Waals surface area contributed by atoms with Crippen LogP contribution in [0.25, 0.3) is 55.1 Å². The Morgan fingerprint density at radius 2 is 1.12 bits per heavy atom. The molecule has 2 aliphatic rings. The van der Waals surface area contributed by atoms with E-state index < -0.39 is 0 Å². The van der Waals surface area contributed by atoms with Crippen molar-refractivity contribution in [1.29, 1.82) is 0 Å². The number of benzene rings is 7. The molecule has 1 aliphatic heterocycles. The molecule has 51 heavy (non-hydrogen) atoms. The van der Waals surface area contributed by atoms with Crippen LogP contribution in [-0.4, -0.2) is 4.98 Å². The topological polar surface area (TPSA) is 12.9 Å². The summed E-state index contributed by atoms with van der Waals surface area (Å²) in [7, 11) is 0. The molecular formula is C48H35NS2. The first-order valence-corrected chi connectivity index (χ1v) is 19.5. The van der Waals surface area contributed by atoms with E-state index in [0.29, 0.717) is 0 Å². The molecule has 7 aromatic carbocycles. The highest BCUT2D eigenvalue weighted by Gasteiger charge is 2.36. The molecule has 0 N–H and O–H groups in total. The summed E-state index contributed by atoms with van der Waals surface area (Å²) in [4.78, 5) is 11.0. The number of pyridine rings is 1. The Labute approximate surface area is 307 Å². The van der Waals surface area contributed by atoms with Gasteiger partial charge in [-0.1, -0.05) is 159 Å². The highest BCUT2D eigenvalue weighted by Crippen LogP contribution is 2.56. The number of rotatable bonds is 4. The predicted octanol–water partition coefficient (Wildman–Crippen LogP) is 13.8. The first-order chi connectivity index (χ1) is 25.1. The van der Waals surface area contributed by atoms with Crippen molar-refractivity contribution in [2.24, 2.45) is 0 Å². The molecule has 0 radical (unpaired) electrons. The van der Waals surface area contributed by atoms with Gasteiger partial charge in [0.15, 0.2) is 0 Å². The minimum absolute atomic E-state index is 0.131. The average Bonchev–Trinajstić information content (AvgIpc) is 3.18. The van der Waals surface area contributed by atoms with Crippen LogP contribution in [0.5, 0.6) is 0 Å². The summed E-state index contributed by atoms with van der Waals surface area (Å²) in [6.07, 6.45) is 0.905. The van der Waals surface area contributed by atoms with E-state index in [4.69, 9.17) is 4.98 Å². The molecule has 1 nitrogen and oxygen atoms in total. The van der Waals surface area contributed by atoms with E-state index in [2.05, 4.69) is 166 Å². The van der Waals surface area contributed by atoms with Crippen molar-refractivity contribution in [1.82, 2.24) is 4.98 Å². The second-order valence-corrected chi connectivity index (χ2v) is 15.9. The van der Waals surface area contributed by atoms with E-state index in [-0.39, 0.29) is 11.8 Å². The first-order valence-electron chi connectivity index (χ1n) is 17.9. The van der Waals surface area contributed by atoms with Crippen LogP contribution < -0.4 is 0 Å². The lowest BCUT2D eigenvalue weighted by Gasteiger charge is -2.36. The molecule has 0 saturated carbocycles. The fourth-order valence-electron chi connectivity index (χ4n) is 8.46. The van der Waals surface area contributed by atoms with Crippen LogP contribution in [0.15, 0.2) is 171 Å². The van der Waals surface area contributed by atoms with Gasteiger partial charge in [-0.05, 0) is 104 Å². The summed E-state index contributed by atoms with van der Waals surface area (Å²) in [6, 6.07) is 56.1. The van der Waals surface area contributed by atoms with Gasteiger partial charge >= 0.3 is 0 Å². The smallest absolute Gasteiger partial charge is 0.0712 e. The first kappa shape index (κ1) is 30.7. The second kappa shape index (κ2) is 12.3. The summed E-state index contributed by atoms with van der Waals surface area (Å²) in [5.41, 5.74) is 14.1. The van der Waals surface area contributed by atoms with Crippen LogP contribution in [0.4, 0.5) is 0 Å². The molecule has 2 heterocycles. The lowest BCUT2D eigenvalue weighted by Crippen LogP contribution is -2.20. The predicted molar refractivity (Wildman–Crippen MR) is 216 cm³/mol. The standard InChI is InChI=1S/C48H35NS2/c1-3-35-47(32-23-21-31(22-24-32)30-13-5-4-6-14-30)38-19-11-12-20-41(38)49-48(35)46-29(2)39-27-44-45(28-40(39)36-17-9-10-18-37(36)46)51-43-26-34-16-8-7-15-33(34)25-42(43)50-44/h4-29,46H,3H2,1-2H3. The highest BCUT2D eigenvalue weighted by atomic mass is 32.2. The van der Waals surface area contributed by atoms with Crippen LogP contribution in [0.2, 0.25) is 0 Å². The van der Waals surface area contributed by atoms with Crippen LogP contribution in [-0.2, 0) is 6.42 Å². The summed E-state index contributed by atoms with van der Waals surface area (Å²) in [5.74, 6) is 0.377. The van der Waals surface area contributed by atoms with Crippen molar-refractivity contribution < 1.29 is 0 Å². The number of aromatic nitrogens is 1. The fraction of sp³-hybridized carbons (Fsp3) is 0.104. The van der Waals surface area contributed by atoms with E-state index in [1.807, 2.05) is 23.5 Å². The maximum absolute atomic E-state index is 5.58. The normalized spacial score (nSPS) is 16.0.